The Labute approximate surface area is 348 Å². The first-order valence-electron chi connectivity index (χ1n) is 19.4. The van der Waals surface area contributed by atoms with Gasteiger partial charge in [-0.15, -0.1) is 0 Å². The lowest BCUT2D eigenvalue weighted by atomic mass is 9.97. The summed E-state index contributed by atoms with van der Waals surface area (Å²) in [5.74, 6) is -1.70. The molecule has 7 aromatic rings. The zero-order valence-corrected chi connectivity index (χ0v) is 32.7. The van der Waals surface area contributed by atoms with Gasteiger partial charge in [0.1, 0.15) is 13.2 Å². The predicted octanol–water partition coefficient (Wildman–Crippen LogP) is 10.5. The van der Waals surface area contributed by atoms with Crippen LogP contribution in [0.1, 0.15) is 87.6 Å². The Hall–Kier alpha value is -7.84. The molecular weight excluding hydrogens is 747 g/mol. The van der Waals surface area contributed by atoms with Crippen LogP contribution < -0.4 is 0 Å². The van der Waals surface area contributed by atoms with E-state index in [0.717, 1.165) is 38.9 Å². The monoisotopic (exact) mass is 787 g/mol. The molecule has 7 aromatic carbocycles. The summed E-state index contributed by atoms with van der Waals surface area (Å²) < 4.78 is 11.3. The Morgan fingerprint density at radius 1 is 0.350 bits per heavy atom. The van der Waals surface area contributed by atoms with Crippen molar-refractivity contribution in [2.24, 2.45) is 0 Å². The zero-order valence-electron chi connectivity index (χ0n) is 32.7. The minimum Gasteiger partial charge on any atom is -0.457 e. The van der Waals surface area contributed by atoms with Crippen molar-refractivity contribution >= 4 is 34.9 Å². The van der Waals surface area contributed by atoms with Gasteiger partial charge in [0, 0.05) is 28.7 Å². The topological polar surface area (TPSA) is 141 Å². The number of hydrogen-bond acceptors (Lipinski definition) is 8. The van der Waals surface area contributed by atoms with Crippen molar-refractivity contribution in [3.63, 3.8) is 0 Å². The number of benzene rings is 7. The van der Waals surface area contributed by atoms with E-state index in [1.54, 1.807) is 48.5 Å². The maximum absolute atomic E-state index is 13.7. The van der Waals surface area contributed by atoms with Gasteiger partial charge in [-0.05, 0) is 58.0 Å². The fourth-order valence-electron chi connectivity index (χ4n) is 6.58. The molecule has 0 bridgehead atoms. The highest BCUT2D eigenvalue weighted by Crippen LogP contribution is 2.20. The molecule has 8 nitrogen and oxygen atoms in total. The Balaban J connectivity index is 1.04. The highest BCUT2D eigenvalue weighted by Gasteiger charge is 2.19. The highest BCUT2D eigenvalue weighted by atomic mass is 16.5. The Morgan fingerprint density at radius 3 is 1.00 bits per heavy atom. The van der Waals surface area contributed by atoms with Crippen molar-refractivity contribution in [2.45, 2.75) is 26.1 Å². The SMILES string of the molecule is N=C(c1ccccc1)c1ccc(CCC(=O)c2cc(C(=O)OCc3ccc(C(=N)c4ccccc4)cc3)cc(C(=O)OCc3ccc(C(=N)c4ccccc4)cc3)c2)cc1. The molecule has 0 saturated carbocycles. The third-order valence-electron chi connectivity index (χ3n) is 10.0. The molecule has 8 heteroatoms. The van der Waals surface area contributed by atoms with Gasteiger partial charge in [-0.3, -0.25) is 21.0 Å². The molecule has 7 rings (SSSR count). The van der Waals surface area contributed by atoms with Crippen molar-refractivity contribution in [1.82, 2.24) is 0 Å². The molecule has 294 valence electrons. The summed E-state index contributed by atoms with van der Waals surface area (Å²) in [6.45, 7) is -0.129. The van der Waals surface area contributed by atoms with Crippen LogP contribution in [0.5, 0.6) is 0 Å². The van der Waals surface area contributed by atoms with Crippen LogP contribution in [0, 0.1) is 16.2 Å². The largest absolute Gasteiger partial charge is 0.457 e. The highest BCUT2D eigenvalue weighted by molar-refractivity contribution is 6.12. The molecule has 0 spiro atoms. The van der Waals surface area contributed by atoms with Gasteiger partial charge >= 0.3 is 11.9 Å². The van der Waals surface area contributed by atoms with Gasteiger partial charge in [0.2, 0.25) is 0 Å². The molecule has 60 heavy (non-hydrogen) atoms. The van der Waals surface area contributed by atoms with E-state index in [4.69, 9.17) is 25.7 Å². The van der Waals surface area contributed by atoms with Gasteiger partial charge in [-0.25, -0.2) is 9.59 Å². The normalized spacial score (nSPS) is 10.7. The van der Waals surface area contributed by atoms with Crippen LogP contribution in [0.25, 0.3) is 0 Å². The summed E-state index contributed by atoms with van der Waals surface area (Å²) in [5, 5.41) is 25.6. The molecule has 0 saturated heterocycles. The van der Waals surface area contributed by atoms with Crippen molar-refractivity contribution < 1.29 is 23.9 Å². The van der Waals surface area contributed by atoms with E-state index in [1.807, 2.05) is 115 Å². The Morgan fingerprint density at radius 2 is 0.650 bits per heavy atom. The van der Waals surface area contributed by atoms with Gasteiger partial charge in [0.25, 0.3) is 0 Å². The molecule has 0 fully saturated rings. The molecule has 0 aliphatic carbocycles. The van der Waals surface area contributed by atoms with E-state index in [9.17, 15) is 14.4 Å². The third kappa shape index (κ3) is 10.2. The molecule has 0 aliphatic heterocycles. The summed E-state index contributed by atoms with van der Waals surface area (Å²) in [4.78, 5) is 40.7. The summed E-state index contributed by atoms with van der Waals surface area (Å²) in [5.41, 5.74) is 8.28. The number of hydrogen-bond donors (Lipinski definition) is 3. The standard InChI is InChI=1S/C52H41N3O5/c53-48(38-10-4-1-5-11-38)41-23-16-35(17-24-41)22-29-47(56)44-30-45(51(57)59-33-36-18-25-42(26-19-36)49(54)39-12-6-2-7-13-39)32-46(31-44)52(58)60-34-37-20-27-43(28-21-37)50(55)40-14-8-3-9-15-40/h1-21,23-28,30-32,53-55H,22,29,33-34H2. The van der Waals surface area contributed by atoms with Crippen LogP contribution in [-0.2, 0) is 29.1 Å². The van der Waals surface area contributed by atoms with Gasteiger partial charge in [-0.1, -0.05) is 164 Å². The number of ether oxygens (including phenoxy) is 2. The number of nitrogens with one attached hydrogen (secondary N) is 3. The molecule has 0 aromatic heterocycles. The lowest BCUT2D eigenvalue weighted by Crippen LogP contribution is -2.13. The number of esters is 2. The van der Waals surface area contributed by atoms with Crippen LogP contribution in [0.4, 0.5) is 0 Å². The van der Waals surface area contributed by atoms with E-state index in [2.05, 4.69) is 0 Å². The number of aryl methyl sites for hydroxylation is 1. The average molecular weight is 788 g/mol. The number of carbonyl (C=O) groups excluding carboxylic acids is 3. The molecule has 3 N–H and O–H groups in total. The van der Waals surface area contributed by atoms with Crippen LogP contribution >= 0.6 is 0 Å². The van der Waals surface area contributed by atoms with E-state index >= 15 is 0 Å². The molecule has 0 unspecified atom stereocenters. The number of carbonyl (C=O) groups is 3. The first-order chi connectivity index (χ1) is 29.2. The summed E-state index contributed by atoms with van der Waals surface area (Å²) >= 11 is 0. The van der Waals surface area contributed by atoms with Crippen LogP contribution in [0.2, 0.25) is 0 Å². The van der Waals surface area contributed by atoms with Crippen LogP contribution in [-0.4, -0.2) is 34.9 Å². The predicted molar refractivity (Wildman–Crippen MR) is 234 cm³/mol. The van der Waals surface area contributed by atoms with E-state index in [-0.39, 0.29) is 42.1 Å². The number of Topliss-reactive ketones (excluding diaryl/α,β-unsaturated/α-hetero) is 1. The van der Waals surface area contributed by atoms with E-state index in [0.29, 0.717) is 34.7 Å². The first kappa shape index (κ1) is 40.4. The maximum Gasteiger partial charge on any atom is 0.338 e. The van der Waals surface area contributed by atoms with Crippen LogP contribution in [0.15, 0.2) is 182 Å². The van der Waals surface area contributed by atoms with Crippen molar-refractivity contribution in [1.29, 1.82) is 16.2 Å². The second kappa shape index (κ2) is 19.1. The lowest BCUT2D eigenvalue weighted by Gasteiger charge is -2.11. The molecule has 0 heterocycles. The smallest absolute Gasteiger partial charge is 0.338 e. The van der Waals surface area contributed by atoms with Gasteiger partial charge in [-0.2, -0.15) is 0 Å². The van der Waals surface area contributed by atoms with Crippen molar-refractivity contribution in [3.05, 3.63) is 249 Å². The lowest BCUT2D eigenvalue weighted by molar-refractivity contribution is 0.0470. The molecular formula is C52H41N3O5. The first-order valence-corrected chi connectivity index (χ1v) is 19.4. The Kier molecular flexibility index (Phi) is 12.8. The third-order valence-corrected chi connectivity index (χ3v) is 10.0. The van der Waals surface area contributed by atoms with Crippen molar-refractivity contribution in [3.8, 4) is 0 Å². The fraction of sp³-hybridized carbons (Fsp3) is 0.0769. The number of ketones is 1. The minimum absolute atomic E-state index is 0.0304. The quantitative estimate of drug-likeness (QED) is 0.0508. The second-order valence-corrected chi connectivity index (χ2v) is 14.2. The van der Waals surface area contributed by atoms with E-state index < -0.39 is 11.9 Å². The van der Waals surface area contributed by atoms with Gasteiger partial charge in [0.05, 0.1) is 28.3 Å². The van der Waals surface area contributed by atoms with Gasteiger partial charge in [0.15, 0.2) is 5.78 Å². The molecule has 0 radical (unpaired) electrons. The average Bonchev–Trinajstić information content (AvgIpc) is 3.32. The Bertz CT molecular complexity index is 2350. The minimum atomic E-state index is -0.715. The maximum atomic E-state index is 13.7. The fourth-order valence-corrected chi connectivity index (χ4v) is 6.58. The second-order valence-electron chi connectivity index (χ2n) is 14.2. The molecule has 0 amide bonds. The zero-order chi connectivity index (χ0) is 41.8. The van der Waals surface area contributed by atoms with Gasteiger partial charge < -0.3 is 9.47 Å². The summed E-state index contributed by atoms with van der Waals surface area (Å²) in [6.07, 6.45) is 0.513. The summed E-state index contributed by atoms with van der Waals surface area (Å²) in [7, 11) is 0. The van der Waals surface area contributed by atoms with E-state index in [1.165, 1.54) is 18.2 Å². The summed E-state index contributed by atoms with van der Waals surface area (Å²) in [6, 6.07) is 54.4. The van der Waals surface area contributed by atoms with Crippen LogP contribution in [0.3, 0.4) is 0 Å². The molecule has 0 atom stereocenters. The number of rotatable bonds is 16. The van der Waals surface area contributed by atoms with Crippen molar-refractivity contribution in [2.75, 3.05) is 0 Å². The molecule has 0 aliphatic rings.